The van der Waals surface area contributed by atoms with Crippen molar-refractivity contribution in [2.75, 3.05) is 0 Å². The Morgan fingerprint density at radius 1 is 0.963 bits per heavy atom. The number of nitrogens with one attached hydrogen (secondary N) is 1. The van der Waals surface area contributed by atoms with E-state index in [0.717, 1.165) is 30.2 Å². The van der Waals surface area contributed by atoms with Gasteiger partial charge >= 0.3 is 5.63 Å². The zero-order valence-corrected chi connectivity index (χ0v) is 15.4. The Morgan fingerprint density at radius 3 is 2.37 bits per heavy atom. The number of amides is 1. The van der Waals surface area contributed by atoms with Gasteiger partial charge in [-0.3, -0.25) is 4.79 Å². The lowest BCUT2D eigenvalue weighted by atomic mass is 9.86. The molecule has 1 heterocycles. The topological polar surface area (TPSA) is 59.3 Å². The third-order valence-electron chi connectivity index (χ3n) is 5.53. The fraction of sp³-hybridized carbons (Fsp3) is 0.304. The highest BCUT2D eigenvalue weighted by molar-refractivity contribution is 6.07. The van der Waals surface area contributed by atoms with Crippen molar-refractivity contribution >= 4 is 16.7 Å². The maximum Gasteiger partial charge on any atom is 0.344 e. The first-order valence-corrected chi connectivity index (χ1v) is 9.57. The Labute approximate surface area is 158 Å². The Hall–Kier alpha value is -2.88. The molecule has 4 rings (SSSR count). The largest absolute Gasteiger partial charge is 0.416 e. The number of rotatable bonds is 3. The molecule has 1 fully saturated rings. The van der Waals surface area contributed by atoms with E-state index in [0.29, 0.717) is 16.9 Å². The van der Waals surface area contributed by atoms with Crippen LogP contribution in [0.4, 0.5) is 0 Å². The molecule has 0 aliphatic heterocycles. The number of hydrogen-bond donors (Lipinski definition) is 1. The van der Waals surface area contributed by atoms with Gasteiger partial charge in [-0.15, -0.1) is 0 Å². The van der Waals surface area contributed by atoms with Crippen molar-refractivity contribution < 1.29 is 9.21 Å². The van der Waals surface area contributed by atoms with E-state index < -0.39 is 5.63 Å². The fourth-order valence-electron chi connectivity index (χ4n) is 4.02. The van der Waals surface area contributed by atoms with Gasteiger partial charge in [-0.25, -0.2) is 4.79 Å². The number of carbonyl (C=O) groups excluding carboxylic acids is 1. The Bertz CT molecular complexity index is 1020. The number of benzene rings is 2. The first-order valence-electron chi connectivity index (χ1n) is 9.57. The summed E-state index contributed by atoms with van der Waals surface area (Å²) in [6, 6.07) is 17.0. The molecule has 0 bridgehead atoms. The van der Waals surface area contributed by atoms with Crippen LogP contribution in [0.5, 0.6) is 0 Å². The Morgan fingerprint density at radius 2 is 1.63 bits per heavy atom. The summed E-state index contributed by atoms with van der Waals surface area (Å²) in [5.41, 5.74) is 1.05. The van der Waals surface area contributed by atoms with Crippen molar-refractivity contribution in [2.45, 2.75) is 38.6 Å². The minimum atomic E-state index is -0.480. The molecule has 0 saturated heterocycles. The van der Waals surface area contributed by atoms with Gasteiger partial charge in [0.05, 0.1) is 5.39 Å². The summed E-state index contributed by atoms with van der Waals surface area (Å²) in [5, 5.41) is 4.34. The Kier molecular flexibility index (Phi) is 4.80. The minimum Gasteiger partial charge on any atom is -0.416 e. The highest BCUT2D eigenvalue weighted by atomic mass is 16.4. The second-order valence-corrected chi connectivity index (χ2v) is 7.35. The molecule has 0 radical (unpaired) electrons. The molecule has 4 heteroatoms. The maximum absolute atomic E-state index is 13.1. The highest BCUT2D eigenvalue weighted by Crippen LogP contribution is 2.31. The van der Waals surface area contributed by atoms with Crippen LogP contribution in [0, 0.1) is 5.92 Å². The molecule has 0 spiro atoms. The van der Waals surface area contributed by atoms with Crippen LogP contribution in [0.2, 0.25) is 0 Å². The number of fused-ring (bicyclic) bond motifs is 1. The van der Waals surface area contributed by atoms with Crippen LogP contribution in [-0.4, -0.2) is 11.9 Å². The number of hydrogen-bond acceptors (Lipinski definition) is 3. The molecule has 1 saturated carbocycles. The molecule has 27 heavy (non-hydrogen) atoms. The average molecular weight is 361 g/mol. The third kappa shape index (κ3) is 3.39. The molecule has 1 aliphatic carbocycles. The lowest BCUT2D eigenvalue weighted by Gasteiger charge is -2.29. The second-order valence-electron chi connectivity index (χ2n) is 7.35. The molecule has 2 atom stereocenters. The van der Waals surface area contributed by atoms with Crippen LogP contribution in [-0.2, 0) is 0 Å². The maximum atomic E-state index is 13.1. The minimum absolute atomic E-state index is 0.0997. The van der Waals surface area contributed by atoms with E-state index in [9.17, 15) is 9.59 Å². The summed E-state index contributed by atoms with van der Waals surface area (Å²) in [4.78, 5) is 25.6. The molecular formula is C23H23NO3. The van der Waals surface area contributed by atoms with Crippen molar-refractivity contribution in [1.29, 1.82) is 0 Å². The van der Waals surface area contributed by atoms with Crippen molar-refractivity contribution in [3.05, 3.63) is 70.8 Å². The monoisotopic (exact) mass is 361 g/mol. The van der Waals surface area contributed by atoms with Crippen molar-refractivity contribution in [3.63, 3.8) is 0 Å². The smallest absolute Gasteiger partial charge is 0.344 e. The summed E-state index contributed by atoms with van der Waals surface area (Å²) in [7, 11) is 0. The molecule has 3 aromatic rings. The quantitative estimate of drug-likeness (QED) is 0.731. The van der Waals surface area contributed by atoms with Gasteiger partial charge in [-0.05, 0) is 30.4 Å². The van der Waals surface area contributed by atoms with Crippen molar-refractivity contribution in [1.82, 2.24) is 5.32 Å². The lowest BCUT2D eigenvalue weighted by molar-refractivity contribution is 0.0879. The van der Waals surface area contributed by atoms with Crippen LogP contribution < -0.4 is 10.9 Å². The van der Waals surface area contributed by atoms with Gasteiger partial charge in [-0.1, -0.05) is 68.3 Å². The lowest BCUT2D eigenvalue weighted by Crippen LogP contribution is -2.41. The fourth-order valence-corrected chi connectivity index (χ4v) is 4.02. The predicted molar refractivity (Wildman–Crippen MR) is 107 cm³/mol. The molecule has 1 N–H and O–H groups in total. The van der Waals surface area contributed by atoms with E-state index >= 15 is 0 Å². The standard InChI is InChI=1S/C23H23NO3/c1-15-9-5-8-14-19(15)24-22(25)21-20(16-10-3-2-4-11-16)17-12-6-7-13-18(17)23(26)27-21/h2-4,6-7,10-13,15,19H,5,8-9,14H2,1H3,(H,24,25). The SMILES string of the molecule is CC1CCCCC1NC(=O)c1oc(=O)c2ccccc2c1-c1ccccc1. The summed E-state index contributed by atoms with van der Waals surface area (Å²) < 4.78 is 5.55. The van der Waals surface area contributed by atoms with Crippen LogP contribution >= 0.6 is 0 Å². The van der Waals surface area contributed by atoms with Crippen LogP contribution in [0.15, 0.2) is 63.8 Å². The van der Waals surface area contributed by atoms with Crippen molar-refractivity contribution in [2.24, 2.45) is 5.92 Å². The van der Waals surface area contributed by atoms with E-state index in [1.165, 1.54) is 6.42 Å². The van der Waals surface area contributed by atoms with E-state index in [1.807, 2.05) is 42.5 Å². The van der Waals surface area contributed by atoms with Gasteiger partial charge in [0.1, 0.15) is 0 Å². The molecular weight excluding hydrogens is 338 g/mol. The first-order chi connectivity index (χ1) is 13.1. The van der Waals surface area contributed by atoms with Gasteiger partial charge in [0.2, 0.25) is 5.76 Å². The first kappa shape index (κ1) is 17.5. The second kappa shape index (κ2) is 7.39. The highest BCUT2D eigenvalue weighted by Gasteiger charge is 2.27. The zero-order valence-electron chi connectivity index (χ0n) is 15.4. The van der Waals surface area contributed by atoms with Gasteiger partial charge < -0.3 is 9.73 Å². The molecule has 2 unspecified atom stereocenters. The van der Waals surface area contributed by atoms with E-state index in [2.05, 4.69) is 12.2 Å². The predicted octanol–water partition coefficient (Wildman–Crippen LogP) is 4.77. The summed E-state index contributed by atoms with van der Waals surface area (Å²) >= 11 is 0. The summed E-state index contributed by atoms with van der Waals surface area (Å²) in [6.45, 7) is 2.17. The number of carbonyl (C=O) groups is 1. The molecule has 1 amide bonds. The zero-order chi connectivity index (χ0) is 18.8. The van der Waals surface area contributed by atoms with Crippen LogP contribution in [0.1, 0.15) is 43.2 Å². The Balaban J connectivity index is 1.84. The van der Waals surface area contributed by atoms with Gasteiger partial charge in [0.15, 0.2) is 0 Å². The molecule has 1 aromatic heterocycles. The van der Waals surface area contributed by atoms with E-state index in [1.54, 1.807) is 12.1 Å². The van der Waals surface area contributed by atoms with E-state index in [4.69, 9.17) is 4.42 Å². The van der Waals surface area contributed by atoms with Crippen LogP contribution in [0.3, 0.4) is 0 Å². The third-order valence-corrected chi connectivity index (χ3v) is 5.53. The molecule has 4 nitrogen and oxygen atoms in total. The van der Waals surface area contributed by atoms with E-state index in [-0.39, 0.29) is 17.7 Å². The van der Waals surface area contributed by atoms with Gasteiger partial charge in [-0.2, -0.15) is 0 Å². The summed E-state index contributed by atoms with van der Waals surface area (Å²) in [5.74, 6) is 0.216. The van der Waals surface area contributed by atoms with Crippen LogP contribution in [0.25, 0.3) is 21.9 Å². The van der Waals surface area contributed by atoms with Gasteiger partial charge in [0, 0.05) is 17.0 Å². The normalized spacial score (nSPS) is 19.7. The average Bonchev–Trinajstić information content (AvgIpc) is 2.70. The molecule has 138 valence electrons. The van der Waals surface area contributed by atoms with Crippen molar-refractivity contribution in [3.8, 4) is 11.1 Å². The molecule has 2 aromatic carbocycles. The molecule has 1 aliphatic rings. The summed E-state index contributed by atoms with van der Waals surface area (Å²) in [6.07, 6.45) is 4.39. The van der Waals surface area contributed by atoms with Gasteiger partial charge in [0.25, 0.3) is 5.91 Å².